The second-order valence-corrected chi connectivity index (χ2v) is 4.13. The predicted molar refractivity (Wildman–Crippen MR) is 48.4 cm³/mol. The van der Waals surface area contributed by atoms with Crippen LogP contribution in [0, 0.1) is 5.41 Å². The van der Waals surface area contributed by atoms with Crippen molar-refractivity contribution in [3.63, 3.8) is 0 Å². The zero-order valence-corrected chi connectivity index (χ0v) is 8.61. The fourth-order valence-electron chi connectivity index (χ4n) is 1.97. The first-order chi connectivity index (χ1) is 6.42. The van der Waals surface area contributed by atoms with Gasteiger partial charge >= 0.3 is 0 Å². The van der Waals surface area contributed by atoms with E-state index in [-0.39, 0.29) is 38.1 Å². The van der Waals surface area contributed by atoms with E-state index in [1.165, 1.54) is 14.0 Å². The van der Waals surface area contributed by atoms with E-state index in [9.17, 15) is 13.6 Å². The van der Waals surface area contributed by atoms with Gasteiger partial charge in [0.15, 0.2) is 0 Å². The number of alkyl halides is 2. The summed E-state index contributed by atoms with van der Waals surface area (Å²) in [5.41, 5.74) is -0.656. The topological polar surface area (TPSA) is 26.3 Å². The number of ketones is 1. The number of hydrogen-bond donors (Lipinski definition) is 0. The molecular formula is C10H16F2O2. The molecule has 2 nitrogen and oxygen atoms in total. The third-order valence-electron chi connectivity index (χ3n) is 3.11. The van der Waals surface area contributed by atoms with Gasteiger partial charge in [-0.2, -0.15) is 0 Å². The van der Waals surface area contributed by atoms with Crippen molar-refractivity contribution in [2.24, 2.45) is 5.41 Å². The molecule has 0 unspecified atom stereocenters. The summed E-state index contributed by atoms with van der Waals surface area (Å²) >= 11 is 0. The van der Waals surface area contributed by atoms with Crippen LogP contribution in [0.3, 0.4) is 0 Å². The van der Waals surface area contributed by atoms with Crippen molar-refractivity contribution < 1.29 is 18.3 Å². The summed E-state index contributed by atoms with van der Waals surface area (Å²) in [6.45, 7) is 1.72. The predicted octanol–water partition coefficient (Wildman–Crippen LogP) is 2.42. The summed E-state index contributed by atoms with van der Waals surface area (Å²) in [5, 5.41) is 0. The lowest BCUT2D eigenvalue weighted by Crippen LogP contribution is -2.41. The second-order valence-electron chi connectivity index (χ2n) is 4.13. The minimum absolute atomic E-state index is 0.0325. The van der Waals surface area contributed by atoms with E-state index >= 15 is 0 Å². The van der Waals surface area contributed by atoms with Crippen LogP contribution in [-0.4, -0.2) is 25.4 Å². The molecule has 0 aromatic heterocycles. The number of carbonyl (C=O) groups excluding carboxylic acids is 1. The molecule has 82 valence electrons. The van der Waals surface area contributed by atoms with Gasteiger partial charge in [-0.3, -0.25) is 4.79 Å². The van der Waals surface area contributed by atoms with Gasteiger partial charge in [0.25, 0.3) is 0 Å². The quantitative estimate of drug-likeness (QED) is 0.708. The van der Waals surface area contributed by atoms with Crippen molar-refractivity contribution in [2.75, 3.05) is 13.7 Å². The first-order valence-electron chi connectivity index (χ1n) is 4.80. The lowest BCUT2D eigenvalue weighted by Gasteiger charge is -2.37. The molecule has 14 heavy (non-hydrogen) atoms. The van der Waals surface area contributed by atoms with E-state index in [0.29, 0.717) is 0 Å². The Bertz CT molecular complexity index is 216. The molecule has 4 heteroatoms. The highest BCUT2D eigenvalue weighted by Crippen LogP contribution is 2.44. The number of carbonyl (C=O) groups is 1. The van der Waals surface area contributed by atoms with Crippen molar-refractivity contribution in [3.05, 3.63) is 0 Å². The van der Waals surface area contributed by atoms with E-state index < -0.39 is 11.3 Å². The molecule has 0 saturated heterocycles. The summed E-state index contributed by atoms with van der Waals surface area (Å²) < 4.78 is 30.7. The highest BCUT2D eigenvalue weighted by Gasteiger charge is 2.45. The molecule has 1 aliphatic rings. The van der Waals surface area contributed by atoms with Crippen LogP contribution < -0.4 is 0 Å². The molecular weight excluding hydrogens is 190 g/mol. The summed E-state index contributed by atoms with van der Waals surface area (Å²) in [6, 6.07) is 0. The Morgan fingerprint density at radius 2 is 1.79 bits per heavy atom. The van der Waals surface area contributed by atoms with Gasteiger partial charge in [-0.05, 0) is 19.8 Å². The lowest BCUT2D eigenvalue weighted by atomic mass is 9.71. The standard InChI is InChI=1S/C10H16F2O2/c1-8(13)9(7-14-2)3-5-10(11,12)6-4-9/h3-7H2,1-2H3. The van der Waals surface area contributed by atoms with Crippen molar-refractivity contribution in [3.8, 4) is 0 Å². The Labute approximate surface area is 82.6 Å². The molecule has 0 radical (unpaired) electrons. The average Bonchev–Trinajstić information content (AvgIpc) is 2.09. The van der Waals surface area contributed by atoms with Gasteiger partial charge in [0.1, 0.15) is 5.78 Å². The molecule has 0 bridgehead atoms. The van der Waals surface area contributed by atoms with Gasteiger partial charge in [0.2, 0.25) is 5.92 Å². The summed E-state index contributed by atoms with van der Waals surface area (Å²) in [7, 11) is 1.50. The van der Waals surface area contributed by atoms with Crippen LogP contribution in [-0.2, 0) is 9.53 Å². The van der Waals surface area contributed by atoms with Crippen LogP contribution in [0.15, 0.2) is 0 Å². The van der Waals surface area contributed by atoms with Crippen molar-refractivity contribution in [1.29, 1.82) is 0 Å². The Hall–Kier alpha value is -0.510. The molecule has 0 aliphatic heterocycles. The maximum atomic E-state index is 12.9. The first-order valence-corrected chi connectivity index (χ1v) is 4.80. The Morgan fingerprint density at radius 1 is 1.29 bits per heavy atom. The van der Waals surface area contributed by atoms with Crippen LogP contribution in [0.25, 0.3) is 0 Å². The van der Waals surface area contributed by atoms with Crippen LogP contribution in [0.1, 0.15) is 32.6 Å². The molecule has 0 aromatic carbocycles. The molecule has 0 atom stereocenters. The van der Waals surface area contributed by atoms with E-state index in [1.807, 2.05) is 0 Å². The average molecular weight is 206 g/mol. The Morgan fingerprint density at radius 3 is 2.14 bits per heavy atom. The zero-order valence-electron chi connectivity index (χ0n) is 8.61. The summed E-state index contributed by atoms with van der Waals surface area (Å²) in [5.74, 6) is -2.62. The van der Waals surface area contributed by atoms with Gasteiger partial charge in [-0.15, -0.1) is 0 Å². The molecule has 0 N–H and O–H groups in total. The zero-order chi connectivity index (χ0) is 10.8. The molecule has 0 spiro atoms. The van der Waals surface area contributed by atoms with Gasteiger partial charge < -0.3 is 4.74 Å². The molecule has 0 amide bonds. The first kappa shape index (κ1) is 11.6. The van der Waals surface area contributed by atoms with E-state index in [2.05, 4.69) is 0 Å². The summed E-state index contributed by atoms with van der Waals surface area (Å²) in [4.78, 5) is 11.4. The SMILES string of the molecule is COCC1(C(C)=O)CCC(F)(F)CC1. The van der Waals surface area contributed by atoms with Crippen LogP contribution in [0.2, 0.25) is 0 Å². The monoisotopic (exact) mass is 206 g/mol. The number of ether oxygens (including phenoxy) is 1. The van der Waals surface area contributed by atoms with Gasteiger partial charge in [0.05, 0.1) is 12.0 Å². The van der Waals surface area contributed by atoms with Crippen LogP contribution in [0.5, 0.6) is 0 Å². The smallest absolute Gasteiger partial charge is 0.248 e. The minimum Gasteiger partial charge on any atom is -0.384 e. The highest BCUT2D eigenvalue weighted by atomic mass is 19.3. The lowest BCUT2D eigenvalue weighted by molar-refractivity contribution is -0.139. The molecule has 1 fully saturated rings. The summed E-state index contributed by atoms with van der Waals surface area (Å²) in [6.07, 6.45) is 0.0816. The Balaban J connectivity index is 2.69. The fraction of sp³-hybridized carbons (Fsp3) is 0.900. The molecule has 0 heterocycles. The van der Waals surface area contributed by atoms with Crippen molar-refractivity contribution in [2.45, 2.75) is 38.5 Å². The number of halogens is 2. The minimum atomic E-state index is -2.59. The van der Waals surface area contributed by atoms with Crippen LogP contribution >= 0.6 is 0 Å². The highest BCUT2D eigenvalue weighted by molar-refractivity contribution is 5.82. The number of methoxy groups -OCH3 is 1. The van der Waals surface area contributed by atoms with Crippen LogP contribution in [0.4, 0.5) is 8.78 Å². The largest absolute Gasteiger partial charge is 0.384 e. The van der Waals surface area contributed by atoms with Gasteiger partial charge in [-0.25, -0.2) is 8.78 Å². The third-order valence-corrected chi connectivity index (χ3v) is 3.11. The normalized spacial score (nSPS) is 24.6. The van der Waals surface area contributed by atoms with Gasteiger partial charge in [-0.1, -0.05) is 0 Å². The number of hydrogen-bond acceptors (Lipinski definition) is 2. The van der Waals surface area contributed by atoms with Crippen molar-refractivity contribution >= 4 is 5.78 Å². The third kappa shape index (κ3) is 2.29. The van der Waals surface area contributed by atoms with Gasteiger partial charge in [0, 0.05) is 20.0 Å². The fourth-order valence-corrected chi connectivity index (χ4v) is 1.97. The second kappa shape index (κ2) is 3.93. The number of Topliss-reactive ketones (excluding diaryl/α,β-unsaturated/α-hetero) is 1. The van der Waals surface area contributed by atoms with E-state index in [0.717, 1.165) is 0 Å². The molecule has 1 saturated carbocycles. The maximum Gasteiger partial charge on any atom is 0.248 e. The molecule has 1 aliphatic carbocycles. The Kier molecular flexibility index (Phi) is 3.24. The maximum absolute atomic E-state index is 12.9. The van der Waals surface area contributed by atoms with Crippen molar-refractivity contribution in [1.82, 2.24) is 0 Å². The van der Waals surface area contributed by atoms with E-state index in [4.69, 9.17) is 4.74 Å². The molecule has 1 rings (SSSR count). The number of rotatable bonds is 3. The van der Waals surface area contributed by atoms with E-state index in [1.54, 1.807) is 0 Å². The molecule has 0 aromatic rings.